The van der Waals surface area contributed by atoms with E-state index in [1.807, 2.05) is 18.2 Å². The fourth-order valence-corrected chi connectivity index (χ4v) is 3.36. The van der Waals surface area contributed by atoms with Gasteiger partial charge < -0.3 is 15.3 Å². The number of hydrogen-bond acceptors (Lipinski definition) is 4. The van der Waals surface area contributed by atoms with E-state index in [0.29, 0.717) is 13.1 Å². The van der Waals surface area contributed by atoms with Gasteiger partial charge in [0.15, 0.2) is 0 Å². The van der Waals surface area contributed by atoms with Crippen LogP contribution in [0.3, 0.4) is 0 Å². The lowest BCUT2D eigenvalue weighted by molar-refractivity contribution is -0.119. The first-order chi connectivity index (χ1) is 10.6. The summed E-state index contributed by atoms with van der Waals surface area (Å²) < 4.78 is 0. The number of carboxylic acid groups (broad SMARTS) is 1. The molecule has 114 valence electrons. The van der Waals surface area contributed by atoms with Crippen LogP contribution in [-0.4, -0.2) is 30.1 Å². The highest BCUT2D eigenvalue weighted by Crippen LogP contribution is 2.26. The Kier molecular flexibility index (Phi) is 4.11. The monoisotopic (exact) mass is 316 g/mol. The number of nitrogens with one attached hydrogen (secondary N) is 1. The van der Waals surface area contributed by atoms with Crippen molar-refractivity contribution >= 4 is 28.9 Å². The summed E-state index contributed by atoms with van der Waals surface area (Å²) in [6, 6.07) is 11.4. The molecule has 1 aromatic heterocycles. The van der Waals surface area contributed by atoms with Gasteiger partial charge in [0, 0.05) is 17.1 Å². The predicted octanol–water partition coefficient (Wildman–Crippen LogP) is 2.13. The molecule has 0 fully saturated rings. The molecule has 1 aliphatic heterocycles. The number of amides is 1. The number of carbonyl (C=O) groups excluding carboxylic acids is 1. The van der Waals surface area contributed by atoms with Gasteiger partial charge >= 0.3 is 5.97 Å². The lowest BCUT2D eigenvalue weighted by Crippen LogP contribution is -2.35. The third kappa shape index (κ3) is 3.12. The van der Waals surface area contributed by atoms with E-state index in [4.69, 9.17) is 5.11 Å². The smallest absolute Gasteiger partial charge is 0.345 e. The maximum absolute atomic E-state index is 12.1. The van der Waals surface area contributed by atoms with Crippen LogP contribution in [0.5, 0.6) is 0 Å². The minimum absolute atomic E-state index is 0.0537. The number of thiophene rings is 1. The summed E-state index contributed by atoms with van der Waals surface area (Å²) in [6.07, 6.45) is 0.969. The molecule has 6 heteroatoms. The summed E-state index contributed by atoms with van der Waals surface area (Å²) in [5.74, 6) is -0.988. The molecular formula is C16H16N2O3S. The van der Waals surface area contributed by atoms with E-state index in [1.165, 1.54) is 16.9 Å². The molecule has 0 atom stereocenters. The molecule has 1 aliphatic rings. The second-order valence-corrected chi connectivity index (χ2v) is 6.32. The van der Waals surface area contributed by atoms with Gasteiger partial charge in [-0.05, 0) is 30.2 Å². The van der Waals surface area contributed by atoms with Crippen LogP contribution >= 0.6 is 11.3 Å². The van der Waals surface area contributed by atoms with Gasteiger partial charge in [-0.25, -0.2) is 4.79 Å². The van der Waals surface area contributed by atoms with E-state index in [9.17, 15) is 9.59 Å². The van der Waals surface area contributed by atoms with Crippen molar-refractivity contribution in [3.05, 3.63) is 51.7 Å². The second-order valence-electron chi connectivity index (χ2n) is 5.15. The number of carboxylic acids is 1. The summed E-state index contributed by atoms with van der Waals surface area (Å²) in [5.41, 5.74) is 2.40. The molecule has 22 heavy (non-hydrogen) atoms. The SMILES string of the molecule is O=C(CN1CCc2ccccc21)NCc1ccc(C(=O)O)s1. The second kappa shape index (κ2) is 6.19. The number of para-hydroxylation sites is 1. The van der Waals surface area contributed by atoms with Crippen molar-refractivity contribution in [3.8, 4) is 0 Å². The van der Waals surface area contributed by atoms with Crippen LogP contribution in [0.1, 0.15) is 20.1 Å². The lowest BCUT2D eigenvalue weighted by Gasteiger charge is -2.18. The Morgan fingerprint density at radius 2 is 2.05 bits per heavy atom. The average molecular weight is 316 g/mol. The van der Waals surface area contributed by atoms with Crippen molar-refractivity contribution in [2.75, 3.05) is 18.0 Å². The van der Waals surface area contributed by atoms with E-state index >= 15 is 0 Å². The Balaban J connectivity index is 1.54. The minimum Gasteiger partial charge on any atom is -0.477 e. The van der Waals surface area contributed by atoms with Crippen molar-refractivity contribution < 1.29 is 14.7 Å². The molecule has 1 aromatic carbocycles. The molecule has 1 amide bonds. The zero-order valence-corrected chi connectivity index (χ0v) is 12.7. The molecule has 0 spiro atoms. The van der Waals surface area contributed by atoms with E-state index < -0.39 is 5.97 Å². The molecule has 0 aliphatic carbocycles. The average Bonchev–Trinajstić information content (AvgIpc) is 3.13. The largest absolute Gasteiger partial charge is 0.477 e. The lowest BCUT2D eigenvalue weighted by atomic mass is 10.2. The van der Waals surface area contributed by atoms with Crippen LogP contribution in [0.15, 0.2) is 36.4 Å². The molecule has 2 N–H and O–H groups in total. The van der Waals surface area contributed by atoms with Crippen molar-refractivity contribution in [1.29, 1.82) is 0 Å². The molecule has 2 heterocycles. The van der Waals surface area contributed by atoms with Crippen molar-refractivity contribution in [3.63, 3.8) is 0 Å². The van der Waals surface area contributed by atoms with E-state index in [0.717, 1.165) is 23.5 Å². The van der Waals surface area contributed by atoms with Crippen LogP contribution < -0.4 is 10.2 Å². The standard InChI is InChI=1S/C16H16N2O3S/c19-15(17-9-12-5-6-14(22-12)16(20)21)10-18-8-7-11-3-1-2-4-13(11)18/h1-6H,7-10H2,(H,17,19)(H,20,21). The maximum atomic E-state index is 12.1. The Labute approximate surface area is 132 Å². The quantitative estimate of drug-likeness (QED) is 0.886. The zero-order valence-electron chi connectivity index (χ0n) is 11.9. The van der Waals surface area contributed by atoms with E-state index in [1.54, 1.807) is 12.1 Å². The molecule has 3 rings (SSSR count). The molecule has 0 unspecified atom stereocenters. The maximum Gasteiger partial charge on any atom is 0.345 e. The Hall–Kier alpha value is -2.34. The van der Waals surface area contributed by atoms with Gasteiger partial charge in [-0.1, -0.05) is 18.2 Å². The Bertz CT molecular complexity index is 711. The summed E-state index contributed by atoms with van der Waals surface area (Å²) in [7, 11) is 0. The molecule has 0 bridgehead atoms. The number of benzene rings is 1. The van der Waals surface area contributed by atoms with Gasteiger partial charge in [-0.15, -0.1) is 11.3 Å². The number of rotatable bonds is 5. The van der Waals surface area contributed by atoms with Crippen molar-refractivity contribution in [1.82, 2.24) is 5.32 Å². The first kappa shape index (κ1) is 14.6. The highest BCUT2D eigenvalue weighted by molar-refractivity contribution is 7.13. The van der Waals surface area contributed by atoms with Crippen LogP contribution in [0, 0.1) is 0 Å². The molecule has 5 nitrogen and oxygen atoms in total. The molecule has 0 saturated heterocycles. The first-order valence-electron chi connectivity index (χ1n) is 7.05. The molecule has 0 radical (unpaired) electrons. The number of carbonyl (C=O) groups is 2. The number of anilines is 1. The first-order valence-corrected chi connectivity index (χ1v) is 7.86. The number of nitrogens with zero attached hydrogens (tertiary/aromatic N) is 1. The minimum atomic E-state index is -0.934. The highest BCUT2D eigenvalue weighted by atomic mass is 32.1. The Morgan fingerprint density at radius 1 is 1.23 bits per heavy atom. The molecule has 0 saturated carbocycles. The van der Waals surface area contributed by atoms with Gasteiger partial charge in [0.1, 0.15) is 4.88 Å². The summed E-state index contributed by atoms with van der Waals surface area (Å²) in [4.78, 5) is 26.1. The van der Waals surface area contributed by atoms with Gasteiger partial charge in [0.2, 0.25) is 5.91 Å². The molecule has 2 aromatic rings. The Morgan fingerprint density at radius 3 is 2.82 bits per heavy atom. The normalized spacial score (nSPS) is 13.0. The predicted molar refractivity (Wildman–Crippen MR) is 85.5 cm³/mol. The summed E-state index contributed by atoms with van der Waals surface area (Å²) in [6.45, 7) is 1.55. The number of aromatic carboxylic acids is 1. The van der Waals surface area contributed by atoms with Crippen LogP contribution in [-0.2, 0) is 17.8 Å². The summed E-state index contributed by atoms with van der Waals surface area (Å²) >= 11 is 1.19. The van der Waals surface area contributed by atoms with Crippen LogP contribution in [0.2, 0.25) is 0 Å². The fraction of sp³-hybridized carbons (Fsp3) is 0.250. The van der Waals surface area contributed by atoms with Crippen LogP contribution in [0.4, 0.5) is 5.69 Å². The highest BCUT2D eigenvalue weighted by Gasteiger charge is 2.20. The third-order valence-electron chi connectivity index (χ3n) is 3.65. The van der Waals surface area contributed by atoms with Gasteiger partial charge in [0.25, 0.3) is 0 Å². The van der Waals surface area contributed by atoms with Gasteiger partial charge in [0.05, 0.1) is 13.1 Å². The van der Waals surface area contributed by atoms with Gasteiger partial charge in [-0.3, -0.25) is 4.79 Å². The van der Waals surface area contributed by atoms with E-state index in [-0.39, 0.29) is 10.8 Å². The topological polar surface area (TPSA) is 69.6 Å². The third-order valence-corrected chi connectivity index (χ3v) is 4.72. The van der Waals surface area contributed by atoms with Crippen molar-refractivity contribution in [2.45, 2.75) is 13.0 Å². The fourth-order valence-electron chi connectivity index (χ4n) is 2.57. The number of hydrogen-bond donors (Lipinski definition) is 2. The number of fused-ring (bicyclic) bond motifs is 1. The van der Waals surface area contributed by atoms with Crippen LogP contribution in [0.25, 0.3) is 0 Å². The van der Waals surface area contributed by atoms with E-state index in [2.05, 4.69) is 16.3 Å². The zero-order chi connectivity index (χ0) is 15.5. The van der Waals surface area contributed by atoms with Gasteiger partial charge in [-0.2, -0.15) is 0 Å². The van der Waals surface area contributed by atoms with Crippen molar-refractivity contribution in [2.24, 2.45) is 0 Å². The molecular weight excluding hydrogens is 300 g/mol. The summed E-state index contributed by atoms with van der Waals surface area (Å²) in [5, 5.41) is 11.7.